The Bertz CT molecular complexity index is 1140. The van der Waals surface area contributed by atoms with Crippen LogP contribution in [-0.4, -0.2) is 66.2 Å². The molecule has 0 aliphatic heterocycles. The summed E-state index contributed by atoms with van der Waals surface area (Å²) < 4.78 is 2.03. The van der Waals surface area contributed by atoms with Gasteiger partial charge in [0.25, 0.3) is 17.9 Å². The Morgan fingerprint density at radius 3 is 1.56 bits per heavy atom. The average molecular weight is 722 g/mol. The number of imidazole rings is 1. The molecule has 215 valence electrons. The molecule has 0 spiro atoms. The Morgan fingerprint density at radius 1 is 0.846 bits per heavy atom. The Hall–Kier alpha value is -3.88. The summed E-state index contributed by atoms with van der Waals surface area (Å²) in [5.41, 5.74) is 6.12. The van der Waals surface area contributed by atoms with Crippen molar-refractivity contribution >= 4 is 17.9 Å². The van der Waals surface area contributed by atoms with Crippen molar-refractivity contribution in [2.24, 2.45) is 0 Å². The molecule has 12 heteroatoms. The summed E-state index contributed by atoms with van der Waals surface area (Å²) in [5, 5.41) is 46.7. The molecule has 39 heavy (non-hydrogen) atoms. The third kappa shape index (κ3) is 18.9. The Morgan fingerprint density at radius 2 is 1.23 bits per heavy atom. The average Bonchev–Trinajstić information content (AvgIpc) is 3.22. The molecular weight excluding hydrogens is 687 g/mol. The van der Waals surface area contributed by atoms with Crippen LogP contribution < -0.4 is 0 Å². The van der Waals surface area contributed by atoms with Crippen molar-refractivity contribution in [3.05, 3.63) is 71.0 Å². The van der Waals surface area contributed by atoms with Gasteiger partial charge >= 0.3 is 0 Å². The fourth-order valence-corrected chi connectivity index (χ4v) is 2.95. The van der Waals surface area contributed by atoms with Crippen LogP contribution in [0.15, 0.2) is 48.7 Å². The van der Waals surface area contributed by atoms with Gasteiger partial charge in [0.05, 0.1) is 18.9 Å². The Balaban J connectivity index is -0.000000632. The van der Waals surface area contributed by atoms with E-state index in [1.165, 1.54) is 16.7 Å². The number of aliphatic hydroxyl groups is 2. The van der Waals surface area contributed by atoms with Crippen LogP contribution in [0.3, 0.4) is 0 Å². The van der Waals surface area contributed by atoms with E-state index in [0.29, 0.717) is 5.69 Å². The first-order valence-electron chi connectivity index (χ1n) is 11.1. The Kier molecular flexibility index (Phi) is 22.5. The smallest absolute Gasteiger partial charge is 0.300 e. The van der Waals surface area contributed by atoms with E-state index in [9.17, 15) is 5.26 Å². The summed E-state index contributed by atoms with van der Waals surface area (Å²) >= 11 is 0. The maximum absolute atomic E-state index is 9.23. The summed E-state index contributed by atoms with van der Waals surface area (Å²) in [7, 11) is 0. The topological polar surface area (TPSA) is 194 Å². The number of carboxylic acid groups (broad SMARTS) is 3. The summed E-state index contributed by atoms with van der Waals surface area (Å²) in [6.45, 7) is 9.28. The second-order valence-electron chi connectivity index (χ2n) is 7.55. The monoisotopic (exact) mass is 722 g/mol. The second kappa shape index (κ2) is 22.1. The number of aromatic nitrogens is 2. The van der Waals surface area contributed by atoms with Crippen LogP contribution in [0.1, 0.15) is 43.2 Å². The van der Waals surface area contributed by atoms with Crippen molar-refractivity contribution < 1.29 is 60.0 Å². The van der Waals surface area contributed by atoms with E-state index < -0.39 is 17.9 Å². The molecule has 11 nitrogen and oxygen atoms in total. The first-order valence-corrected chi connectivity index (χ1v) is 11.1. The van der Waals surface area contributed by atoms with Gasteiger partial charge in [-0.1, -0.05) is 48.0 Å². The number of benzene rings is 2. The van der Waals surface area contributed by atoms with E-state index in [4.69, 9.17) is 39.9 Å². The number of nitriles is 1. The number of carbonyl (C=O) groups is 3. The predicted octanol–water partition coefficient (Wildman–Crippen LogP) is 3.58. The maximum atomic E-state index is 9.23. The first kappa shape index (κ1) is 39.6. The molecule has 0 saturated heterocycles. The van der Waals surface area contributed by atoms with Crippen molar-refractivity contribution in [1.29, 1.82) is 5.26 Å². The van der Waals surface area contributed by atoms with Gasteiger partial charge in [-0.3, -0.25) is 19.0 Å². The van der Waals surface area contributed by atoms with Gasteiger partial charge in [-0.2, -0.15) is 5.26 Å². The van der Waals surface area contributed by atoms with Gasteiger partial charge in [0.2, 0.25) is 0 Å². The SMILES string of the molecule is CC(=O)O.CC(=O)O.CC(=O)O.Cc1cc(C)c(-n2cc(C#N)nc2-c2ccccc2)c(C)c1.OCCO.[Ir]. The number of aliphatic hydroxyl groups excluding tert-OH is 2. The van der Waals surface area contributed by atoms with E-state index in [1.807, 2.05) is 41.1 Å². The zero-order chi connectivity index (χ0) is 29.8. The largest absolute Gasteiger partial charge is 0.481 e. The molecule has 0 saturated carbocycles. The van der Waals surface area contributed by atoms with Gasteiger partial charge in [0, 0.05) is 52.6 Å². The Labute approximate surface area is 241 Å². The van der Waals surface area contributed by atoms with Crippen LogP contribution in [0.4, 0.5) is 0 Å². The quantitative estimate of drug-likeness (QED) is 0.267. The van der Waals surface area contributed by atoms with Gasteiger partial charge in [0.1, 0.15) is 11.9 Å². The van der Waals surface area contributed by atoms with Crippen molar-refractivity contribution in [1.82, 2.24) is 9.55 Å². The van der Waals surface area contributed by atoms with Crippen molar-refractivity contribution in [3.63, 3.8) is 0 Å². The van der Waals surface area contributed by atoms with Crippen LogP contribution in [0.5, 0.6) is 0 Å². The molecule has 1 heterocycles. The van der Waals surface area contributed by atoms with Crippen molar-refractivity contribution in [3.8, 4) is 23.1 Å². The third-order valence-corrected chi connectivity index (χ3v) is 3.83. The fraction of sp³-hybridized carbons (Fsp3) is 0.296. The number of hydrogen-bond acceptors (Lipinski definition) is 7. The molecule has 1 aromatic heterocycles. The normalized spacial score (nSPS) is 8.59. The number of aliphatic carboxylic acids is 3. The van der Waals surface area contributed by atoms with Crippen molar-refractivity contribution in [2.75, 3.05) is 13.2 Å². The predicted molar refractivity (Wildman–Crippen MR) is 142 cm³/mol. The molecule has 3 aromatic rings. The van der Waals surface area contributed by atoms with Gasteiger partial charge in [-0.25, -0.2) is 4.98 Å². The molecule has 1 radical (unpaired) electrons. The van der Waals surface area contributed by atoms with Crippen LogP contribution in [-0.2, 0) is 34.5 Å². The summed E-state index contributed by atoms with van der Waals surface area (Å²) in [4.78, 5) is 31.5. The molecule has 0 amide bonds. The van der Waals surface area contributed by atoms with Gasteiger partial charge in [-0.05, 0) is 31.9 Å². The van der Waals surface area contributed by atoms with E-state index >= 15 is 0 Å². The molecule has 0 bridgehead atoms. The standard InChI is InChI=1S/C19H17N3.3C2H4O2.C2H6O2.Ir/c1-13-9-14(2)18(15(3)10-13)22-12-17(11-20)21-19(22)16-7-5-4-6-8-16;3*1-2(3)4;3-1-2-4;/h4-10,12H,1-3H3;3*1H3,(H,3,4);3-4H,1-2H2;. The number of carboxylic acids is 3. The number of hydrogen-bond donors (Lipinski definition) is 5. The molecule has 0 fully saturated rings. The molecule has 5 N–H and O–H groups in total. The zero-order valence-electron chi connectivity index (χ0n) is 22.7. The van der Waals surface area contributed by atoms with E-state index in [0.717, 1.165) is 37.8 Å². The fourth-order valence-electron chi connectivity index (χ4n) is 2.95. The minimum Gasteiger partial charge on any atom is -0.481 e. The van der Waals surface area contributed by atoms with E-state index in [2.05, 4.69) is 44.0 Å². The zero-order valence-corrected chi connectivity index (χ0v) is 25.1. The van der Waals surface area contributed by atoms with E-state index in [-0.39, 0.29) is 33.3 Å². The van der Waals surface area contributed by atoms with E-state index in [1.54, 1.807) is 0 Å². The second-order valence-corrected chi connectivity index (χ2v) is 7.55. The number of rotatable bonds is 3. The van der Waals surface area contributed by atoms with Gasteiger partial charge < -0.3 is 25.5 Å². The molecule has 0 unspecified atom stereocenters. The first-order chi connectivity index (χ1) is 17.7. The summed E-state index contributed by atoms with van der Waals surface area (Å²) in [5.74, 6) is -1.70. The van der Waals surface area contributed by atoms with Crippen LogP contribution in [0.25, 0.3) is 17.1 Å². The molecular formula is C27H35IrN3O8. The number of aryl methyl sites for hydroxylation is 3. The molecule has 3 rings (SSSR count). The third-order valence-electron chi connectivity index (χ3n) is 3.83. The molecule has 0 aliphatic rings. The van der Waals surface area contributed by atoms with Crippen LogP contribution >= 0.6 is 0 Å². The summed E-state index contributed by atoms with van der Waals surface area (Å²) in [6.07, 6.45) is 1.81. The number of nitrogens with zero attached hydrogens (tertiary/aromatic N) is 3. The van der Waals surface area contributed by atoms with Crippen molar-refractivity contribution in [2.45, 2.75) is 41.5 Å². The minimum absolute atomic E-state index is 0. The van der Waals surface area contributed by atoms with Gasteiger partial charge in [-0.15, -0.1) is 0 Å². The van der Waals surface area contributed by atoms with Crippen LogP contribution in [0, 0.1) is 32.1 Å². The molecule has 0 aliphatic carbocycles. The minimum atomic E-state index is -0.833. The molecule has 2 aromatic carbocycles. The summed E-state index contributed by atoms with van der Waals surface area (Å²) in [6, 6.07) is 16.4. The van der Waals surface area contributed by atoms with Crippen LogP contribution in [0.2, 0.25) is 0 Å². The van der Waals surface area contributed by atoms with Gasteiger partial charge in [0.15, 0.2) is 5.69 Å². The maximum Gasteiger partial charge on any atom is 0.300 e. The molecule has 0 atom stereocenters.